The van der Waals surface area contributed by atoms with Crippen LogP contribution < -0.4 is 9.62 Å². The molecule has 1 atom stereocenters. The molecule has 0 aliphatic carbocycles. The Morgan fingerprint density at radius 3 is 2.24 bits per heavy atom. The maximum Gasteiger partial charge on any atom is 0.243 e. The number of amides is 1. The lowest BCUT2D eigenvalue weighted by Gasteiger charge is -2.30. The van der Waals surface area contributed by atoms with Crippen LogP contribution in [0.4, 0.5) is 5.69 Å². The third-order valence-electron chi connectivity index (χ3n) is 4.81. The smallest absolute Gasteiger partial charge is 0.243 e. The highest BCUT2D eigenvalue weighted by Gasteiger charge is 2.31. The van der Waals surface area contributed by atoms with E-state index in [1.165, 1.54) is 15.4 Å². The molecule has 0 saturated carbocycles. The van der Waals surface area contributed by atoms with Crippen molar-refractivity contribution in [1.82, 2.24) is 5.32 Å². The van der Waals surface area contributed by atoms with Crippen molar-refractivity contribution in [3.8, 4) is 0 Å². The van der Waals surface area contributed by atoms with E-state index < -0.39 is 16.1 Å². The van der Waals surface area contributed by atoms with Crippen molar-refractivity contribution in [2.24, 2.45) is 0 Å². The molecule has 1 amide bonds. The Balaban J connectivity index is 2.10. The number of carbonyl (C=O) groups excluding carboxylic acids is 1. The molecule has 0 unspecified atom stereocenters. The first kappa shape index (κ1) is 22.9. The second-order valence-electron chi connectivity index (χ2n) is 7.71. The van der Waals surface area contributed by atoms with Crippen LogP contribution in [0.15, 0.2) is 42.5 Å². The summed E-state index contributed by atoms with van der Waals surface area (Å²) in [7, 11) is -3.61. The summed E-state index contributed by atoms with van der Waals surface area (Å²) in [6.45, 7) is 8.24. The van der Waals surface area contributed by atoms with Gasteiger partial charge in [-0.1, -0.05) is 42.8 Å². The van der Waals surface area contributed by atoms with Crippen LogP contribution in [0.2, 0.25) is 0 Å². The molecule has 0 aliphatic heterocycles. The summed E-state index contributed by atoms with van der Waals surface area (Å²) in [5.74, 6) is -0.263. The number of aryl methyl sites for hydroxylation is 4. The van der Waals surface area contributed by atoms with E-state index in [9.17, 15) is 13.2 Å². The van der Waals surface area contributed by atoms with Crippen LogP contribution in [0, 0.1) is 20.8 Å². The minimum atomic E-state index is -3.61. The highest BCUT2D eigenvalue weighted by molar-refractivity contribution is 7.92. The summed E-state index contributed by atoms with van der Waals surface area (Å²) in [4.78, 5) is 12.9. The minimum absolute atomic E-state index is 0.263. The molecule has 158 valence electrons. The van der Waals surface area contributed by atoms with Crippen molar-refractivity contribution < 1.29 is 13.2 Å². The number of nitrogens with zero attached hydrogens (tertiary/aromatic N) is 1. The summed E-state index contributed by atoms with van der Waals surface area (Å²) >= 11 is 0. The number of hydrogen-bond acceptors (Lipinski definition) is 3. The van der Waals surface area contributed by atoms with Gasteiger partial charge in [0.15, 0.2) is 0 Å². The Bertz CT molecular complexity index is 934. The molecule has 0 fully saturated rings. The lowest BCUT2D eigenvalue weighted by atomic mass is 10.1. The quantitative estimate of drug-likeness (QED) is 0.631. The van der Waals surface area contributed by atoms with Crippen molar-refractivity contribution >= 4 is 21.6 Å². The average Bonchev–Trinajstić information content (AvgIpc) is 2.61. The second-order valence-corrected chi connectivity index (χ2v) is 9.57. The molecule has 2 rings (SSSR count). The van der Waals surface area contributed by atoms with Crippen LogP contribution in [0.5, 0.6) is 0 Å². The molecule has 0 aromatic heterocycles. The molecule has 1 N–H and O–H groups in total. The Morgan fingerprint density at radius 2 is 1.69 bits per heavy atom. The van der Waals surface area contributed by atoms with Gasteiger partial charge in [-0.25, -0.2) is 8.42 Å². The maximum absolute atomic E-state index is 12.9. The topological polar surface area (TPSA) is 66.5 Å². The zero-order valence-electron chi connectivity index (χ0n) is 18.0. The fourth-order valence-electron chi connectivity index (χ4n) is 3.63. The van der Waals surface area contributed by atoms with E-state index in [2.05, 4.69) is 30.4 Å². The van der Waals surface area contributed by atoms with Gasteiger partial charge in [0, 0.05) is 6.54 Å². The molecule has 0 saturated heterocycles. The molecule has 0 radical (unpaired) electrons. The lowest BCUT2D eigenvalue weighted by molar-refractivity contribution is -0.122. The van der Waals surface area contributed by atoms with Gasteiger partial charge in [0.2, 0.25) is 15.9 Å². The normalized spacial score (nSPS) is 12.4. The largest absolute Gasteiger partial charge is 0.354 e. The van der Waals surface area contributed by atoms with E-state index in [1.807, 2.05) is 45.0 Å². The van der Waals surface area contributed by atoms with Crippen molar-refractivity contribution in [2.45, 2.75) is 53.0 Å². The van der Waals surface area contributed by atoms with Gasteiger partial charge < -0.3 is 5.32 Å². The Kier molecular flexibility index (Phi) is 7.85. The molecule has 0 heterocycles. The second kappa shape index (κ2) is 9.92. The zero-order chi connectivity index (χ0) is 21.6. The van der Waals surface area contributed by atoms with E-state index >= 15 is 0 Å². The predicted octanol–water partition coefficient (Wildman–Crippen LogP) is 3.91. The van der Waals surface area contributed by atoms with Crippen molar-refractivity contribution in [3.05, 3.63) is 64.7 Å². The summed E-state index contributed by atoms with van der Waals surface area (Å²) < 4.78 is 26.4. The van der Waals surface area contributed by atoms with Gasteiger partial charge in [0.25, 0.3) is 0 Å². The first-order chi connectivity index (χ1) is 13.6. The number of sulfonamides is 1. The third kappa shape index (κ3) is 6.60. The van der Waals surface area contributed by atoms with Crippen LogP contribution >= 0.6 is 0 Å². The Labute approximate surface area is 175 Å². The number of anilines is 1. The molecule has 2 aromatic rings. The average molecular weight is 417 g/mol. The van der Waals surface area contributed by atoms with Gasteiger partial charge in [0.1, 0.15) is 6.04 Å². The van der Waals surface area contributed by atoms with Crippen LogP contribution in [0.1, 0.15) is 42.0 Å². The third-order valence-corrected chi connectivity index (χ3v) is 5.99. The summed E-state index contributed by atoms with van der Waals surface area (Å²) in [6, 6.07) is 13.1. The standard InChI is InChI=1S/C23H32N2O3S/c1-6-22(23(26)24-12-8-11-20-10-7-9-17(2)14-20)25(29(5,27)28)21-15-18(3)13-19(4)16-21/h7,9-10,13-16,22H,6,8,11-12H2,1-5H3,(H,24,26)/t22-/m1/s1. The van der Waals surface area contributed by atoms with E-state index in [-0.39, 0.29) is 5.91 Å². The highest BCUT2D eigenvalue weighted by atomic mass is 32.2. The first-order valence-electron chi connectivity index (χ1n) is 10.0. The van der Waals surface area contributed by atoms with E-state index in [0.29, 0.717) is 18.7 Å². The van der Waals surface area contributed by atoms with Gasteiger partial charge in [-0.2, -0.15) is 0 Å². The summed E-state index contributed by atoms with van der Waals surface area (Å²) in [5.41, 5.74) is 4.91. The zero-order valence-corrected chi connectivity index (χ0v) is 18.8. The van der Waals surface area contributed by atoms with Gasteiger partial charge in [0.05, 0.1) is 11.9 Å². The van der Waals surface area contributed by atoms with Crippen molar-refractivity contribution in [1.29, 1.82) is 0 Å². The molecular formula is C23H32N2O3S. The molecule has 6 heteroatoms. The molecule has 2 aromatic carbocycles. The van der Waals surface area contributed by atoms with Crippen LogP contribution in [0.3, 0.4) is 0 Å². The summed E-state index contributed by atoms with van der Waals surface area (Å²) in [5, 5.41) is 2.93. The number of rotatable bonds is 9. The maximum atomic E-state index is 12.9. The fraction of sp³-hybridized carbons (Fsp3) is 0.435. The van der Waals surface area contributed by atoms with E-state index in [0.717, 1.165) is 30.2 Å². The molecule has 5 nitrogen and oxygen atoms in total. The molecule has 0 bridgehead atoms. The number of benzene rings is 2. The molecule has 29 heavy (non-hydrogen) atoms. The van der Waals surface area contributed by atoms with Crippen LogP contribution in [0.25, 0.3) is 0 Å². The van der Waals surface area contributed by atoms with Crippen molar-refractivity contribution in [3.63, 3.8) is 0 Å². The van der Waals surface area contributed by atoms with Gasteiger partial charge in [-0.3, -0.25) is 9.10 Å². The SMILES string of the molecule is CC[C@H](C(=O)NCCCc1cccc(C)c1)N(c1cc(C)cc(C)c1)S(C)(=O)=O. The van der Waals surface area contributed by atoms with E-state index in [4.69, 9.17) is 0 Å². The Hall–Kier alpha value is -2.34. The highest BCUT2D eigenvalue weighted by Crippen LogP contribution is 2.25. The van der Waals surface area contributed by atoms with Gasteiger partial charge in [-0.15, -0.1) is 0 Å². The first-order valence-corrected chi connectivity index (χ1v) is 11.9. The van der Waals surface area contributed by atoms with Crippen molar-refractivity contribution in [2.75, 3.05) is 17.1 Å². The summed E-state index contributed by atoms with van der Waals surface area (Å²) in [6.07, 6.45) is 3.21. The molecule has 0 spiro atoms. The van der Waals surface area contributed by atoms with E-state index in [1.54, 1.807) is 0 Å². The lowest BCUT2D eigenvalue weighted by Crippen LogP contribution is -2.49. The molecular weight excluding hydrogens is 384 g/mol. The fourth-order valence-corrected chi connectivity index (χ4v) is 4.82. The number of hydrogen-bond donors (Lipinski definition) is 1. The Morgan fingerprint density at radius 1 is 1.03 bits per heavy atom. The molecule has 0 aliphatic rings. The minimum Gasteiger partial charge on any atom is -0.354 e. The monoisotopic (exact) mass is 416 g/mol. The van der Waals surface area contributed by atoms with Crippen LogP contribution in [-0.4, -0.2) is 33.2 Å². The van der Waals surface area contributed by atoms with Gasteiger partial charge >= 0.3 is 0 Å². The number of carbonyl (C=O) groups is 1. The van der Waals surface area contributed by atoms with Crippen LogP contribution in [-0.2, 0) is 21.2 Å². The van der Waals surface area contributed by atoms with Gasteiger partial charge in [-0.05, 0) is 68.9 Å². The predicted molar refractivity (Wildman–Crippen MR) is 120 cm³/mol. The number of nitrogens with one attached hydrogen (secondary N) is 1.